The molecule has 1 N–H and O–H groups in total. The molecule has 25 heavy (non-hydrogen) atoms. The molecule has 1 aromatic heterocycles. The Bertz CT molecular complexity index is 714. The van der Waals surface area contributed by atoms with Gasteiger partial charge in [0.15, 0.2) is 5.16 Å². The fourth-order valence-electron chi connectivity index (χ4n) is 2.18. The third-order valence-electron chi connectivity index (χ3n) is 3.57. The number of carbonyl (C=O) groups excluding carboxylic acids is 1. The van der Waals surface area contributed by atoms with Crippen molar-refractivity contribution in [2.75, 3.05) is 19.0 Å². The van der Waals surface area contributed by atoms with E-state index in [0.29, 0.717) is 5.56 Å². The molecule has 1 amide bonds. The van der Waals surface area contributed by atoms with E-state index in [9.17, 15) is 4.79 Å². The first-order chi connectivity index (χ1) is 11.9. The van der Waals surface area contributed by atoms with Crippen molar-refractivity contribution in [1.29, 1.82) is 0 Å². The number of aromatic nitrogens is 2. The highest BCUT2D eigenvalue weighted by Gasteiger charge is 2.09. The van der Waals surface area contributed by atoms with Crippen LogP contribution in [-0.4, -0.2) is 36.0 Å². The van der Waals surface area contributed by atoms with Crippen molar-refractivity contribution in [3.63, 3.8) is 0 Å². The number of rotatable bonds is 7. The molecule has 134 valence electrons. The highest BCUT2D eigenvalue weighted by molar-refractivity contribution is 7.98. The summed E-state index contributed by atoms with van der Waals surface area (Å²) in [6.45, 7) is 6.00. The van der Waals surface area contributed by atoms with Crippen LogP contribution in [0.2, 0.25) is 0 Å². The summed E-state index contributed by atoms with van der Waals surface area (Å²) in [6, 6.07) is 9.85. The minimum Gasteiger partial charge on any atom is -0.363 e. The Balaban J connectivity index is 2.04. The summed E-state index contributed by atoms with van der Waals surface area (Å²) in [7, 11) is 3.97. The van der Waals surface area contributed by atoms with Gasteiger partial charge in [-0.15, -0.1) is 0 Å². The van der Waals surface area contributed by atoms with Crippen molar-refractivity contribution in [2.45, 2.75) is 44.1 Å². The number of aryl methyl sites for hydroxylation is 1. The van der Waals surface area contributed by atoms with Gasteiger partial charge in [-0.1, -0.05) is 30.8 Å². The van der Waals surface area contributed by atoms with Gasteiger partial charge in [0.1, 0.15) is 5.82 Å². The van der Waals surface area contributed by atoms with Crippen LogP contribution in [0.5, 0.6) is 0 Å². The molecule has 0 aliphatic carbocycles. The summed E-state index contributed by atoms with van der Waals surface area (Å²) in [5, 5.41) is 3.68. The van der Waals surface area contributed by atoms with Crippen molar-refractivity contribution >= 4 is 23.5 Å². The second-order valence-electron chi connectivity index (χ2n) is 6.36. The topological polar surface area (TPSA) is 58.1 Å². The molecule has 2 rings (SSSR count). The van der Waals surface area contributed by atoms with Crippen LogP contribution in [0, 0.1) is 0 Å². The van der Waals surface area contributed by atoms with Crippen molar-refractivity contribution in [3.8, 4) is 0 Å². The number of nitrogens with zero attached hydrogens (tertiary/aromatic N) is 3. The van der Waals surface area contributed by atoms with Gasteiger partial charge in [0, 0.05) is 43.2 Å². The molecule has 1 heterocycles. The van der Waals surface area contributed by atoms with E-state index in [4.69, 9.17) is 0 Å². The maximum Gasteiger partial charge on any atom is 0.251 e. The molecule has 0 aliphatic heterocycles. The molecule has 6 heteroatoms. The molecule has 5 nitrogen and oxygen atoms in total. The molecule has 1 aromatic carbocycles. The Morgan fingerprint density at radius 3 is 2.44 bits per heavy atom. The van der Waals surface area contributed by atoms with Crippen LogP contribution in [0.4, 0.5) is 5.82 Å². The van der Waals surface area contributed by atoms with E-state index in [1.54, 1.807) is 11.8 Å². The quantitative estimate of drug-likeness (QED) is 0.606. The predicted octanol–water partition coefficient (Wildman–Crippen LogP) is 3.54. The van der Waals surface area contributed by atoms with Gasteiger partial charge in [0.25, 0.3) is 5.91 Å². The number of hydrogen-bond acceptors (Lipinski definition) is 5. The van der Waals surface area contributed by atoms with E-state index >= 15 is 0 Å². The SMILES string of the molecule is CCc1cc(N(C)C)nc(SCc2ccc(C(=O)NC(C)C)cc2)n1. The Morgan fingerprint density at radius 2 is 1.88 bits per heavy atom. The maximum atomic E-state index is 12.0. The zero-order valence-electron chi connectivity index (χ0n) is 15.5. The minimum atomic E-state index is -0.0381. The van der Waals surface area contributed by atoms with Gasteiger partial charge >= 0.3 is 0 Å². The molecule has 0 saturated heterocycles. The zero-order chi connectivity index (χ0) is 18.4. The Morgan fingerprint density at radius 1 is 1.20 bits per heavy atom. The molecular formula is C19H26N4OS. The van der Waals surface area contributed by atoms with Crippen LogP contribution in [0.3, 0.4) is 0 Å². The van der Waals surface area contributed by atoms with Gasteiger partial charge in [-0.05, 0) is 38.0 Å². The normalized spacial score (nSPS) is 10.8. The van der Waals surface area contributed by atoms with Crippen LogP contribution >= 0.6 is 11.8 Å². The molecule has 0 bridgehead atoms. The van der Waals surface area contributed by atoms with Crippen LogP contribution in [-0.2, 0) is 12.2 Å². The molecule has 0 unspecified atom stereocenters. The summed E-state index contributed by atoms with van der Waals surface area (Å²) in [5.74, 6) is 1.66. The maximum absolute atomic E-state index is 12.0. The average molecular weight is 359 g/mol. The highest BCUT2D eigenvalue weighted by Crippen LogP contribution is 2.22. The molecule has 0 fully saturated rings. The Hall–Kier alpha value is -2.08. The van der Waals surface area contributed by atoms with Crippen molar-refractivity contribution in [3.05, 3.63) is 47.2 Å². The number of hydrogen-bond donors (Lipinski definition) is 1. The largest absolute Gasteiger partial charge is 0.363 e. The van der Waals surface area contributed by atoms with E-state index in [1.165, 1.54) is 0 Å². The number of thioether (sulfide) groups is 1. The van der Waals surface area contributed by atoms with Gasteiger partial charge < -0.3 is 10.2 Å². The highest BCUT2D eigenvalue weighted by atomic mass is 32.2. The molecular weight excluding hydrogens is 332 g/mol. The molecule has 2 aromatic rings. The Kier molecular flexibility index (Phi) is 6.82. The van der Waals surface area contributed by atoms with Crippen LogP contribution in [0.15, 0.2) is 35.5 Å². The lowest BCUT2D eigenvalue weighted by Crippen LogP contribution is -2.29. The fourth-order valence-corrected chi connectivity index (χ4v) is 3.01. The van der Waals surface area contributed by atoms with E-state index in [1.807, 2.05) is 63.2 Å². The lowest BCUT2D eigenvalue weighted by Gasteiger charge is -2.13. The molecule has 0 spiro atoms. The zero-order valence-corrected chi connectivity index (χ0v) is 16.4. The van der Waals surface area contributed by atoms with Crippen LogP contribution in [0.1, 0.15) is 42.4 Å². The smallest absolute Gasteiger partial charge is 0.251 e. The summed E-state index contributed by atoms with van der Waals surface area (Å²) in [6.07, 6.45) is 0.885. The lowest BCUT2D eigenvalue weighted by atomic mass is 10.1. The second kappa shape index (κ2) is 8.85. The third kappa shape index (κ3) is 5.74. The van der Waals surface area contributed by atoms with E-state index in [0.717, 1.165) is 34.4 Å². The van der Waals surface area contributed by atoms with Gasteiger partial charge in [0.2, 0.25) is 0 Å². The number of anilines is 1. The fraction of sp³-hybridized carbons (Fsp3) is 0.421. The van der Waals surface area contributed by atoms with Gasteiger partial charge in [0.05, 0.1) is 0 Å². The second-order valence-corrected chi connectivity index (χ2v) is 7.30. The van der Waals surface area contributed by atoms with Gasteiger partial charge in [-0.25, -0.2) is 9.97 Å². The van der Waals surface area contributed by atoms with Crippen molar-refractivity contribution in [1.82, 2.24) is 15.3 Å². The summed E-state index contributed by atoms with van der Waals surface area (Å²) in [4.78, 5) is 23.1. The van der Waals surface area contributed by atoms with Crippen LogP contribution in [0.25, 0.3) is 0 Å². The first kappa shape index (κ1) is 19.2. The standard InChI is InChI=1S/C19H26N4OS/c1-6-16-11-17(23(4)5)22-19(21-16)25-12-14-7-9-15(10-8-14)18(24)20-13(2)3/h7-11,13H,6,12H2,1-5H3,(H,20,24). The van der Waals surface area contributed by atoms with E-state index in [2.05, 4.69) is 22.2 Å². The number of benzene rings is 1. The molecule has 0 saturated carbocycles. The van der Waals surface area contributed by atoms with E-state index < -0.39 is 0 Å². The monoisotopic (exact) mass is 358 g/mol. The molecule has 0 aliphatic rings. The summed E-state index contributed by atoms with van der Waals surface area (Å²) in [5.41, 5.74) is 2.87. The van der Waals surface area contributed by atoms with Gasteiger partial charge in [-0.3, -0.25) is 4.79 Å². The molecule has 0 atom stereocenters. The van der Waals surface area contributed by atoms with E-state index in [-0.39, 0.29) is 11.9 Å². The third-order valence-corrected chi connectivity index (χ3v) is 4.49. The number of amides is 1. The average Bonchev–Trinajstić information content (AvgIpc) is 2.59. The first-order valence-electron chi connectivity index (χ1n) is 8.47. The lowest BCUT2D eigenvalue weighted by molar-refractivity contribution is 0.0943. The number of carbonyl (C=O) groups is 1. The van der Waals surface area contributed by atoms with Gasteiger partial charge in [-0.2, -0.15) is 0 Å². The minimum absolute atomic E-state index is 0.0381. The van der Waals surface area contributed by atoms with Crippen molar-refractivity contribution in [2.24, 2.45) is 0 Å². The van der Waals surface area contributed by atoms with Crippen molar-refractivity contribution < 1.29 is 4.79 Å². The van der Waals surface area contributed by atoms with Crippen LogP contribution < -0.4 is 10.2 Å². The molecule has 0 radical (unpaired) electrons. The summed E-state index contributed by atoms with van der Waals surface area (Å²) >= 11 is 1.61. The first-order valence-corrected chi connectivity index (χ1v) is 9.45. The Labute approximate surface area is 154 Å². The number of nitrogens with one attached hydrogen (secondary N) is 1. The summed E-state index contributed by atoms with van der Waals surface area (Å²) < 4.78 is 0. The predicted molar refractivity (Wildman–Crippen MR) is 104 cm³/mol.